The van der Waals surface area contributed by atoms with Crippen molar-refractivity contribution in [3.05, 3.63) is 59.1 Å². The van der Waals surface area contributed by atoms with Gasteiger partial charge in [0.1, 0.15) is 0 Å². The van der Waals surface area contributed by atoms with Crippen molar-refractivity contribution < 1.29 is 0 Å². The minimum atomic E-state index is 0.760. The Kier molecular flexibility index (Phi) is 4.11. The van der Waals surface area contributed by atoms with Crippen LogP contribution in [0.1, 0.15) is 5.56 Å². The number of hydrogen-bond donors (Lipinski definition) is 1. The minimum absolute atomic E-state index is 0.760. The summed E-state index contributed by atoms with van der Waals surface area (Å²) in [7, 11) is 4.09. The molecule has 0 atom stereocenters. The molecule has 0 saturated carbocycles. The highest BCUT2D eigenvalue weighted by molar-refractivity contribution is 6.30. The quantitative estimate of drug-likeness (QED) is 0.893. The van der Waals surface area contributed by atoms with Gasteiger partial charge in [0.25, 0.3) is 0 Å². The second-order valence-electron chi connectivity index (χ2n) is 4.42. The lowest BCUT2D eigenvalue weighted by Crippen LogP contribution is -2.08. The van der Waals surface area contributed by atoms with E-state index in [4.69, 9.17) is 11.6 Å². The van der Waals surface area contributed by atoms with Crippen molar-refractivity contribution in [2.24, 2.45) is 0 Å². The van der Waals surface area contributed by atoms with Crippen LogP contribution < -0.4 is 10.2 Å². The first-order valence-electron chi connectivity index (χ1n) is 5.91. The Morgan fingerprint density at radius 2 is 1.56 bits per heavy atom. The van der Waals surface area contributed by atoms with Gasteiger partial charge in [-0.25, -0.2) is 0 Å². The molecule has 3 heteroatoms. The van der Waals surface area contributed by atoms with Gasteiger partial charge in [0.05, 0.1) is 0 Å². The van der Waals surface area contributed by atoms with Crippen LogP contribution in [0.2, 0.25) is 5.02 Å². The molecule has 2 rings (SSSR count). The van der Waals surface area contributed by atoms with Crippen LogP contribution in [0.25, 0.3) is 0 Å². The van der Waals surface area contributed by atoms with Gasteiger partial charge in [-0.1, -0.05) is 23.7 Å². The third-order valence-corrected chi connectivity index (χ3v) is 3.05. The number of rotatable bonds is 4. The number of nitrogens with one attached hydrogen (secondary N) is 1. The van der Waals surface area contributed by atoms with Crippen LogP contribution in [0.5, 0.6) is 0 Å². The molecule has 18 heavy (non-hydrogen) atoms. The maximum absolute atomic E-state index is 5.84. The molecule has 0 fully saturated rings. The summed E-state index contributed by atoms with van der Waals surface area (Å²) in [5, 5.41) is 4.12. The second kappa shape index (κ2) is 5.78. The highest BCUT2D eigenvalue weighted by atomic mass is 35.5. The monoisotopic (exact) mass is 260 g/mol. The Morgan fingerprint density at radius 1 is 0.944 bits per heavy atom. The van der Waals surface area contributed by atoms with Gasteiger partial charge < -0.3 is 10.2 Å². The molecule has 0 aromatic heterocycles. The Hall–Kier alpha value is -1.67. The zero-order chi connectivity index (χ0) is 13.0. The number of hydrogen-bond acceptors (Lipinski definition) is 2. The molecule has 94 valence electrons. The second-order valence-corrected chi connectivity index (χ2v) is 4.86. The molecular weight excluding hydrogens is 244 g/mol. The predicted octanol–water partition coefficient (Wildman–Crippen LogP) is 4.02. The summed E-state index contributed by atoms with van der Waals surface area (Å²) in [5.74, 6) is 0. The van der Waals surface area contributed by atoms with E-state index in [1.165, 1.54) is 11.3 Å². The van der Waals surface area contributed by atoms with Crippen molar-refractivity contribution >= 4 is 23.0 Å². The molecule has 0 saturated heterocycles. The maximum atomic E-state index is 5.84. The summed E-state index contributed by atoms with van der Waals surface area (Å²) >= 11 is 5.84. The number of nitrogens with zero attached hydrogens (tertiary/aromatic N) is 1. The zero-order valence-corrected chi connectivity index (χ0v) is 11.4. The fourth-order valence-corrected chi connectivity index (χ4v) is 1.81. The van der Waals surface area contributed by atoms with Gasteiger partial charge in [-0.2, -0.15) is 0 Å². The zero-order valence-electron chi connectivity index (χ0n) is 10.7. The van der Waals surface area contributed by atoms with Crippen molar-refractivity contribution in [3.63, 3.8) is 0 Å². The fraction of sp³-hybridized carbons (Fsp3) is 0.200. The van der Waals surface area contributed by atoms with E-state index >= 15 is 0 Å². The molecule has 0 unspecified atom stereocenters. The van der Waals surface area contributed by atoms with Crippen LogP contribution in [-0.2, 0) is 6.54 Å². The molecular formula is C15H17ClN2. The van der Waals surface area contributed by atoms with Crippen LogP contribution in [0.3, 0.4) is 0 Å². The molecule has 2 aromatic rings. The summed E-state index contributed by atoms with van der Waals surface area (Å²) in [4.78, 5) is 2.09. The standard InChI is InChI=1S/C15H17ClN2/c1-18(2)15-9-3-12(4-10-15)11-17-14-7-5-13(16)6-8-14/h3-10,17H,11H2,1-2H3. The molecule has 2 aromatic carbocycles. The van der Waals surface area contributed by atoms with E-state index in [9.17, 15) is 0 Å². The molecule has 0 aliphatic rings. The largest absolute Gasteiger partial charge is 0.381 e. The number of anilines is 2. The average Bonchev–Trinajstić information content (AvgIpc) is 2.38. The van der Waals surface area contributed by atoms with Crippen molar-refractivity contribution in [3.8, 4) is 0 Å². The van der Waals surface area contributed by atoms with Crippen molar-refractivity contribution in [1.29, 1.82) is 0 Å². The minimum Gasteiger partial charge on any atom is -0.381 e. The fourth-order valence-electron chi connectivity index (χ4n) is 1.68. The first kappa shape index (κ1) is 12.8. The molecule has 0 aliphatic heterocycles. The highest BCUT2D eigenvalue weighted by Gasteiger charge is 1.97. The van der Waals surface area contributed by atoms with E-state index in [2.05, 4.69) is 34.5 Å². The van der Waals surface area contributed by atoms with Gasteiger partial charge in [0, 0.05) is 37.0 Å². The molecule has 0 heterocycles. The van der Waals surface area contributed by atoms with Gasteiger partial charge in [-0.3, -0.25) is 0 Å². The molecule has 2 nitrogen and oxygen atoms in total. The first-order valence-corrected chi connectivity index (χ1v) is 6.28. The van der Waals surface area contributed by atoms with E-state index in [0.717, 1.165) is 17.3 Å². The lowest BCUT2D eigenvalue weighted by Gasteiger charge is -2.13. The lowest BCUT2D eigenvalue weighted by atomic mass is 10.2. The Morgan fingerprint density at radius 3 is 2.11 bits per heavy atom. The SMILES string of the molecule is CN(C)c1ccc(CNc2ccc(Cl)cc2)cc1. The van der Waals surface area contributed by atoms with Crippen LogP contribution in [0.4, 0.5) is 11.4 Å². The van der Waals surface area contributed by atoms with Gasteiger partial charge >= 0.3 is 0 Å². The maximum Gasteiger partial charge on any atom is 0.0407 e. The van der Waals surface area contributed by atoms with Gasteiger partial charge in [0.2, 0.25) is 0 Å². The molecule has 0 radical (unpaired) electrons. The van der Waals surface area contributed by atoms with E-state index in [1.54, 1.807) is 0 Å². The van der Waals surface area contributed by atoms with Crippen molar-refractivity contribution in [1.82, 2.24) is 0 Å². The van der Waals surface area contributed by atoms with Crippen LogP contribution in [0, 0.1) is 0 Å². The van der Waals surface area contributed by atoms with E-state index in [1.807, 2.05) is 38.4 Å². The van der Waals surface area contributed by atoms with E-state index in [-0.39, 0.29) is 0 Å². The van der Waals surface area contributed by atoms with Crippen LogP contribution in [0.15, 0.2) is 48.5 Å². The third-order valence-electron chi connectivity index (χ3n) is 2.79. The van der Waals surface area contributed by atoms with Crippen LogP contribution in [-0.4, -0.2) is 14.1 Å². The van der Waals surface area contributed by atoms with E-state index in [0.29, 0.717) is 0 Å². The average molecular weight is 261 g/mol. The van der Waals surface area contributed by atoms with Gasteiger partial charge in [-0.05, 0) is 42.0 Å². The Balaban J connectivity index is 1.95. The molecule has 0 bridgehead atoms. The summed E-state index contributed by atoms with van der Waals surface area (Å²) in [6, 6.07) is 16.3. The number of benzene rings is 2. The Bertz CT molecular complexity index is 489. The van der Waals surface area contributed by atoms with Gasteiger partial charge in [0.15, 0.2) is 0 Å². The molecule has 0 aliphatic carbocycles. The van der Waals surface area contributed by atoms with E-state index < -0.39 is 0 Å². The molecule has 0 amide bonds. The van der Waals surface area contributed by atoms with Crippen molar-refractivity contribution in [2.75, 3.05) is 24.3 Å². The normalized spacial score (nSPS) is 10.2. The van der Waals surface area contributed by atoms with Gasteiger partial charge in [-0.15, -0.1) is 0 Å². The highest BCUT2D eigenvalue weighted by Crippen LogP contribution is 2.16. The smallest absolute Gasteiger partial charge is 0.0407 e. The Labute approximate surface area is 113 Å². The summed E-state index contributed by atoms with van der Waals surface area (Å²) in [5.41, 5.74) is 3.55. The number of halogens is 1. The lowest BCUT2D eigenvalue weighted by molar-refractivity contribution is 1.11. The van der Waals surface area contributed by atoms with Crippen molar-refractivity contribution in [2.45, 2.75) is 6.54 Å². The predicted molar refractivity (Wildman–Crippen MR) is 79.5 cm³/mol. The molecule has 1 N–H and O–H groups in total. The first-order chi connectivity index (χ1) is 8.65. The molecule has 0 spiro atoms. The van der Waals surface area contributed by atoms with Crippen LogP contribution >= 0.6 is 11.6 Å². The summed E-state index contributed by atoms with van der Waals surface area (Å²) in [6.07, 6.45) is 0. The topological polar surface area (TPSA) is 15.3 Å². The third kappa shape index (κ3) is 3.41. The summed E-state index contributed by atoms with van der Waals surface area (Å²) < 4.78 is 0. The summed E-state index contributed by atoms with van der Waals surface area (Å²) in [6.45, 7) is 0.815.